The molecule has 132 valence electrons. The first-order chi connectivity index (χ1) is 11.7. The number of nitrogens with zero attached hydrogens (tertiary/aromatic N) is 2. The molecular weight excluding hydrogens is 304 g/mol. The zero-order valence-electron chi connectivity index (χ0n) is 14.5. The average molecular weight is 332 g/mol. The first kappa shape index (κ1) is 17.4. The van der Waals surface area contributed by atoms with Gasteiger partial charge in [0, 0.05) is 49.8 Å². The molecule has 1 N–H and O–H groups in total. The Morgan fingerprint density at radius 3 is 2.83 bits per heavy atom. The maximum absolute atomic E-state index is 12.4. The van der Waals surface area contributed by atoms with Crippen LogP contribution in [0.5, 0.6) is 0 Å². The van der Waals surface area contributed by atoms with Crippen LogP contribution in [0, 0.1) is 5.41 Å². The predicted octanol–water partition coefficient (Wildman–Crippen LogP) is 2.18. The highest BCUT2D eigenvalue weighted by Crippen LogP contribution is 2.50. The Hall–Kier alpha value is -1.46. The van der Waals surface area contributed by atoms with Crippen molar-refractivity contribution in [2.45, 2.75) is 57.7 Å². The highest BCUT2D eigenvalue weighted by atomic mass is 16.5. The molecule has 3 rings (SSSR count). The van der Waals surface area contributed by atoms with Gasteiger partial charge in [0.05, 0.1) is 12.2 Å². The Kier molecular flexibility index (Phi) is 5.51. The normalized spacial score (nSPS) is 25.5. The van der Waals surface area contributed by atoms with E-state index in [1.165, 1.54) is 0 Å². The van der Waals surface area contributed by atoms with Crippen molar-refractivity contribution >= 4 is 5.91 Å². The third-order valence-corrected chi connectivity index (χ3v) is 5.71. The van der Waals surface area contributed by atoms with Crippen LogP contribution < -0.4 is 0 Å². The highest BCUT2D eigenvalue weighted by Gasteiger charge is 2.56. The number of aromatic nitrogens is 1. The second-order valence-electron chi connectivity index (χ2n) is 6.98. The van der Waals surface area contributed by atoms with Crippen molar-refractivity contribution in [1.29, 1.82) is 0 Å². The van der Waals surface area contributed by atoms with Crippen molar-refractivity contribution in [3.8, 4) is 0 Å². The molecule has 1 aliphatic heterocycles. The highest BCUT2D eigenvalue weighted by molar-refractivity contribution is 5.76. The van der Waals surface area contributed by atoms with Gasteiger partial charge < -0.3 is 14.7 Å². The zero-order valence-corrected chi connectivity index (χ0v) is 14.5. The lowest BCUT2D eigenvalue weighted by Gasteiger charge is -2.56. The van der Waals surface area contributed by atoms with E-state index in [0.717, 1.165) is 50.9 Å². The molecule has 2 atom stereocenters. The first-order valence-corrected chi connectivity index (χ1v) is 9.13. The Morgan fingerprint density at radius 1 is 1.42 bits per heavy atom. The van der Waals surface area contributed by atoms with Crippen LogP contribution in [-0.4, -0.2) is 52.8 Å². The van der Waals surface area contributed by atoms with Crippen molar-refractivity contribution in [1.82, 2.24) is 9.88 Å². The summed E-state index contributed by atoms with van der Waals surface area (Å²) in [5, 5.41) is 10.2. The van der Waals surface area contributed by atoms with Crippen molar-refractivity contribution in [2.75, 3.05) is 19.7 Å². The fourth-order valence-corrected chi connectivity index (χ4v) is 4.11. The lowest BCUT2D eigenvalue weighted by Crippen LogP contribution is -2.62. The van der Waals surface area contributed by atoms with E-state index in [0.29, 0.717) is 13.0 Å². The number of aliphatic hydroxyl groups excluding tert-OH is 1. The van der Waals surface area contributed by atoms with Crippen molar-refractivity contribution in [3.63, 3.8) is 0 Å². The molecule has 1 saturated carbocycles. The molecule has 1 spiro atoms. The smallest absolute Gasteiger partial charge is 0.222 e. The first-order valence-electron chi connectivity index (χ1n) is 9.13. The summed E-state index contributed by atoms with van der Waals surface area (Å²) in [5.74, 6) is 0.225. The molecule has 0 bridgehead atoms. The van der Waals surface area contributed by atoms with Crippen LogP contribution in [-0.2, 0) is 16.0 Å². The van der Waals surface area contributed by atoms with E-state index >= 15 is 0 Å². The Balaban J connectivity index is 1.43. The second kappa shape index (κ2) is 7.62. The number of hydrogen-bond acceptors (Lipinski definition) is 4. The van der Waals surface area contributed by atoms with Gasteiger partial charge in [-0.3, -0.25) is 9.78 Å². The standard InChI is InChI=1S/C19H28N2O3/c1-2-24-17-14-16(22)19(17)9-12-21(13-10-19)18(23)8-5-7-15-6-3-4-11-20-15/h3-4,6,11,16-17,22H,2,5,7-10,12-14H2,1H3. The number of aliphatic hydroxyl groups is 1. The lowest BCUT2D eigenvalue weighted by atomic mass is 9.58. The van der Waals surface area contributed by atoms with Gasteiger partial charge in [-0.05, 0) is 44.7 Å². The van der Waals surface area contributed by atoms with Crippen molar-refractivity contribution in [3.05, 3.63) is 30.1 Å². The predicted molar refractivity (Wildman–Crippen MR) is 91.5 cm³/mol. The van der Waals surface area contributed by atoms with Crippen LogP contribution in [0.2, 0.25) is 0 Å². The molecule has 24 heavy (non-hydrogen) atoms. The number of carbonyl (C=O) groups excluding carboxylic acids is 1. The zero-order chi connectivity index (χ0) is 17.0. The minimum atomic E-state index is -0.268. The van der Waals surface area contributed by atoms with Gasteiger partial charge in [0.2, 0.25) is 5.91 Å². The fourth-order valence-electron chi connectivity index (χ4n) is 4.11. The Labute approximate surface area is 144 Å². The SMILES string of the molecule is CCOC1CC(O)C12CCN(C(=O)CCCc1ccccn1)CC2. The van der Waals surface area contributed by atoms with Gasteiger partial charge in [-0.1, -0.05) is 6.07 Å². The quantitative estimate of drug-likeness (QED) is 0.867. The molecule has 1 saturated heterocycles. The number of aryl methyl sites for hydroxylation is 1. The molecule has 1 amide bonds. The molecule has 2 heterocycles. The van der Waals surface area contributed by atoms with Gasteiger partial charge in [-0.2, -0.15) is 0 Å². The van der Waals surface area contributed by atoms with Crippen LogP contribution in [0.25, 0.3) is 0 Å². The van der Waals surface area contributed by atoms with Crippen LogP contribution in [0.4, 0.5) is 0 Å². The minimum Gasteiger partial charge on any atom is -0.392 e. The van der Waals surface area contributed by atoms with Gasteiger partial charge in [-0.15, -0.1) is 0 Å². The molecule has 1 aromatic rings. The van der Waals surface area contributed by atoms with Gasteiger partial charge in [0.25, 0.3) is 0 Å². The summed E-state index contributed by atoms with van der Waals surface area (Å²) in [6.45, 7) is 4.17. The van der Waals surface area contributed by atoms with Gasteiger partial charge in [0.1, 0.15) is 0 Å². The molecule has 0 aromatic carbocycles. The number of ether oxygens (including phenoxy) is 1. The summed E-state index contributed by atoms with van der Waals surface area (Å²) in [6.07, 6.45) is 6.38. The van der Waals surface area contributed by atoms with E-state index in [4.69, 9.17) is 4.74 Å². The molecule has 5 heteroatoms. The molecule has 5 nitrogen and oxygen atoms in total. The lowest BCUT2D eigenvalue weighted by molar-refractivity contribution is -0.210. The van der Waals surface area contributed by atoms with E-state index in [1.54, 1.807) is 6.20 Å². The summed E-state index contributed by atoms with van der Waals surface area (Å²) in [4.78, 5) is 18.7. The maximum atomic E-state index is 12.4. The topological polar surface area (TPSA) is 62.7 Å². The van der Waals surface area contributed by atoms with Crippen molar-refractivity contribution in [2.24, 2.45) is 5.41 Å². The Morgan fingerprint density at radius 2 is 2.21 bits per heavy atom. The summed E-state index contributed by atoms with van der Waals surface area (Å²) >= 11 is 0. The van der Waals surface area contributed by atoms with E-state index in [1.807, 2.05) is 30.0 Å². The summed E-state index contributed by atoms with van der Waals surface area (Å²) < 4.78 is 5.78. The monoisotopic (exact) mass is 332 g/mol. The van der Waals surface area contributed by atoms with E-state index < -0.39 is 0 Å². The molecule has 2 aliphatic rings. The second-order valence-corrected chi connectivity index (χ2v) is 6.98. The number of amides is 1. The summed E-state index contributed by atoms with van der Waals surface area (Å²) in [6, 6.07) is 5.89. The summed E-state index contributed by atoms with van der Waals surface area (Å²) in [7, 11) is 0. The number of rotatable bonds is 6. The molecule has 1 aliphatic carbocycles. The molecule has 1 aromatic heterocycles. The third-order valence-electron chi connectivity index (χ3n) is 5.71. The Bertz CT molecular complexity index is 539. The largest absolute Gasteiger partial charge is 0.392 e. The minimum absolute atomic E-state index is 0.110. The van der Waals surface area contributed by atoms with Crippen LogP contribution in [0.1, 0.15) is 44.7 Å². The maximum Gasteiger partial charge on any atom is 0.222 e. The van der Waals surface area contributed by atoms with Gasteiger partial charge in [-0.25, -0.2) is 0 Å². The third kappa shape index (κ3) is 3.47. The number of pyridine rings is 1. The number of likely N-dealkylation sites (tertiary alicyclic amines) is 1. The van der Waals surface area contributed by atoms with E-state index in [9.17, 15) is 9.90 Å². The molecular formula is C19H28N2O3. The fraction of sp³-hybridized carbons (Fsp3) is 0.684. The van der Waals surface area contributed by atoms with E-state index in [2.05, 4.69) is 4.98 Å². The van der Waals surface area contributed by atoms with Crippen LogP contribution >= 0.6 is 0 Å². The molecule has 0 radical (unpaired) electrons. The number of hydrogen-bond donors (Lipinski definition) is 1. The van der Waals surface area contributed by atoms with E-state index in [-0.39, 0.29) is 23.5 Å². The average Bonchev–Trinajstić information content (AvgIpc) is 2.62. The molecule has 2 unspecified atom stereocenters. The number of piperidine rings is 1. The van der Waals surface area contributed by atoms with Crippen LogP contribution in [0.3, 0.4) is 0 Å². The van der Waals surface area contributed by atoms with Crippen molar-refractivity contribution < 1.29 is 14.6 Å². The number of carbonyl (C=O) groups is 1. The molecule has 2 fully saturated rings. The summed E-state index contributed by atoms with van der Waals surface area (Å²) in [5.41, 5.74) is 0.931. The van der Waals surface area contributed by atoms with Gasteiger partial charge >= 0.3 is 0 Å². The van der Waals surface area contributed by atoms with Gasteiger partial charge in [0.15, 0.2) is 0 Å². The van der Waals surface area contributed by atoms with Crippen LogP contribution in [0.15, 0.2) is 24.4 Å².